The molecule has 17 heavy (non-hydrogen) atoms. The Kier molecular flexibility index (Phi) is 3.53. The molecule has 2 heterocycles. The van der Waals surface area contributed by atoms with Gasteiger partial charge in [-0.3, -0.25) is 19.6 Å². The number of nitrogens with one attached hydrogen (secondary N) is 2. The predicted octanol–water partition coefficient (Wildman–Crippen LogP) is -0.643. The van der Waals surface area contributed by atoms with Crippen LogP contribution in [0.3, 0.4) is 0 Å². The molecule has 2 amide bonds. The van der Waals surface area contributed by atoms with Crippen molar-refractivity contribution in [1.82, 2.24) is 20.4 Å². The Labute approximate surface area is 99.4 Å². The van der Waals surface area contributed by atoms with E-state index in [9.17, 15) is 9.59 Å². The van der Waals surface area contributed by atoms with E-state index >= 15 is 0 Å². The molecule has 0 saturated carbocycles. The number of rotatable bonds is 4. The first-order chi connectivity index (χ1) is 8.15. The first kappa shape index (κ1) is 11.8. The van der Waals surface area contributed by atoms with Crippen molar-refractivity contribution in [2.24, 2.45) is 7.05 Å². The second-order valence-corrected chi connectivity index (χ2v) is 4.23. The van der Waals surface area contributed by atoms with Gasteiger partial charge in [0, 0.05) is 26.2 Å². The Balaban J connectivity index is 1.75. The minimum atomic E-state index is -0.246. The van der Waals surface area contributed by atoms with Crippen LogP contribution in [0.15, 0.2) is 12.4 Å². The quantitative estimate of drug-likeness (QED) is 0.682. The maximum absolute atomic E-state index is 11.4. The Morgan fingerprint density at radius 3 is 3.06 bits per heavy atom. The second-order valence-electron chi connectivity index (χ2n) is 4.23. The summed E-state index contributed by atoms with van der Waals surface area (Å²) in [5.41, 5.74) is 1.13. The van der Waals surface area contributed by atoms with Crippen LogP contribution < -0.4 is 10.6 Å². The fourth-order valence-corrected chi connectivity index (χ4v) is 1.88. The normalized spacial score (nSPS) is 20.4. The van der Waals surface area contributed by atoms with E-state index in [0.29, 0.717) is 19.4 Å². The molecular weight excluding hydrogens is 220 g/mol. The highest BCUT2D eigenvalue weighted by atomic mass is 16.2. The number of carbonyl (C=O) groups excluding carboxylic acids is 2. The topological polar surface area (TPSA) is 76.0 Å². The molecule has 1 aliphatic heterocycles. The number of carbonyl (C=O) groups is 2. The number of hydrogen-bond acceptors (Lipinski definition) is 4. The summed E-state index contributed by atoms with van der Waals surface area (Å²) in [5.74, 6) is -0.396. The van der Waals surface area contributed by atoms with Crippen molar-refractivity contribution in [2.45, 2.75) is 25.3 Å². The van der Waals surface area contributed by atoms with Crippen molar-refractivity contribution >= 4 is 11.8 Å². The number of nitrogens with zero attached hydrogens (tertiary/aromatic N) is 2. The highest BCUT2D eigenvalue weighted by Gasteiger charge is 2.25. The van der Waals surface area contributed by atoms with Crippen molar-refractivity contribution in [3.05, 3.63) is 18.0 Å². The van der Waals surface area contributed by atoms with Crippen molar-refractivity contribution in [3.63, 3.8) is 0 Å². The van der Waals surface area contributed by atoms with Crippen LogP contribution in [0.2, 0.25) is 0 Å². The molecule has 92 valence electrons. The minimum Gasteiger partial charge on any atom is -0.306 e. The molecule has 1 saturated heterocycles. The van der Waals surface area contributed by atoms with Crippen LogP contribution in [0.1, 0.15) is 18.4 Å². The zero-order valence-electron chi connectivity index (χ0n) is 9.77. The van der Waals surface area contributed by atoms with Gasteiger partial charge in [0.15, 0.2) is 0 Å². The third-order valence-corrected chi connectivity index (χ3v) is 2.80. The summed E-state index contributed by atoms with van der Waals surface area (Å²) in [4.78, 5) is 22.4. The molecule has 1 atom stereocenters. The van der Waals surface area contributed by atoms with Gasteiger partial charge < -0.3 is 5.32 Å². The fourth-order valence-electron chi connectivity index (χ4n) is 1.88. The number of amides is 2. The Hall–Kier alpha value is -1.69. The van der Waals surface area contributed by atoms with Gasteiger partial charge in [0.1, 0.15) is 0 Å². The molecule has 1 aliphatic rings. The van der Waals surface area contributed by atoms with Gasteiger partial charge in [-0.1, -0.05) is 0 Å². The molecule has 0 radical (unpaired) electrons. The van der Waals surface area contributed by atoms with Crippen LogP contribution >= 0.6 is 0 Å². The minimum absolute atomic E-state index is 0.180. The summed E-state index contributed by atoms with van der Waals surface area (Å²) in [6, 6.07) is -0.246. The largest absolute Gasteiger partial charge is 0.306 e. The van der Waals surface area contributed by atoms with E-state index in [2.05, 4.69) is 15.7 Å². The molecule has 6 heteroatoms. The molecule has 6 nitrogen and oxygen atoms in total. The van der Waals surface area contributed by atoms with Gasteiger partial charge in [-0.2, -0.15) is 5.10 Å². The summed E-state index contributed by atoms with van der Waals surface area (Å²) in [7, 11) is 1.87. The number of imide groups is 1. The van der Waals surface area contributed by atoms with E-state index in [1.165, 1.54) is 0 Å². The second kappa shape index (κ2) is 5.09. The fraction of sp³-hybridized carbons (Fsp3) is 0.545. The lowest BCUT2D eigenvalue weighted by molar-refractivity contribution is -0.134. The van der Waals surface area contributed by atoms with Crippen LogP contribution in [0.25, 0.3) is 0 Å². The van der Waals surface area contributed by atoms with E-state index in [4.69, 9.17) is 0 Å². The number of aryl methyl sites for hydroxylation is 1. The molecular formula is C11H16N4O2. The SMILES string of the molecule is Cn1cc(CCNC2CCC(=O)NC2=O)cn1. The van der Waals surface area contributed by atoms with Crippen molar-refractivity contribution < 1.29 is 9.59 Å². The Morgan fingerprint density at radius 1 is 1.59 bits per heavy atom. The zero-order chi connectivity index (χ0) is 12.3. The molecule has 2 rings (SSSR count). The van der Waals surface area contributed by atoms with E-state index in [-0.39, 0.29) is 17.9 Å². The molecule has 1 aromatic heterocycles. The average Bonchev–Trinajstić information content (AvgIpc) is 2.68. The summed E-state index contributed by atoms with van der Waals surface area (Å²) in [6.07, 6.45) is 5.58. The molecule has 2 N–H and O–H groups in total. The van der Waals surface area contributed by atoms with E-state index in [1.54, 1.807) is 4.68 Å². The van der Waals surface area contributed by atoms with Gasteiger partial charge in [0.05, 0.1) is 12.2 Å². The number of hydrogen-bond donors (Lipinski definition) is 2. The smallest absolute Gasteiger partial charge is 0.243 e. The molecule has 0 spiro atoms. The number of aromatic nitrogens is 2. The molecule has 0 bridgehead atoms. The van der Waals surface area contributed by atoms with Crippen LogP contribution in [0.5, 0.6) is 0 Å². The van der Waals surface area contributed by atoms with Crippen LogP contribution in [0.4, 0.5) is 0 Å². The van der Waals surface area contributed by atoms with Gasteiger partial charge in [0.25, 0.3) is 0 Å². The van der Waals surface area contributed by atoms with Crippen molar-refractivity contribution in [1.29, 1.82) is 0 Å². The monoisotopic (exact) mass is 236 g/mol. The molecule has 0 aliphatic carbocycles. The summed E-state index contributed by atoms with van der Waals surface area (Å²) < 4.78 is 1.75. The van der Waals surface area contributed by atoms with Gasteiger partial charge in [-0.05, 0) is 18.4 Å². The van der Waals surface area contributed by atoms with Gasteiger partial charge in [-0.25, -0.2) is 0 Å². The summed E-state index contributed by atoms with van der Waals surface area (Å²) in [5, 5.41) is 9.55. The van der Waals surface area contributed by atoms with E-state index in [0.717, 1.165) is 12.0 Å². The molecule has 0 aromatic carbocycles. The van der Waals surface area contributed by atoms with Crippen molar-refractivity contribution in [3.8, 4) is 0 Å². The lowest BCUT2D eigenvalue weighted by Gasteiger charge is -2.21. The highest BCUT2D eigenvalue weighted by molar-refractivity contribution is 6.00. The zero-order valence-corrected chi connectivity index (χ0v) is 9.77. The molecule has 1 fully saturated rings. The van der Waals surface area contributed by atoms with E-state index < -0.39 is 0 Å². The standard InChI is InChI=1S/C11H16N4O2/c1-15-7-8(6-13-15)4-5-12-9-2-3-10(16)14-11(9)17/h6-7,9,12H,2-5H2,1H3,(H,14,16,17). The maximum atomic E-state index is 11.4. The van der Waals surface area contributed by atoms with Gasteiger partial charge >= 0.3 is 0 Å². The van der Waals surface area contributed by atoms with Crippen LogP contribution in [-0.2, 0) is 23.1 Å². The van der Waals surface area contributed by atoms with Gasteiger partial charge in [0.2, 0.25) is 11.8 Å². The first-order valence-electron chi connectivity index (χ1n) is 5.70. The molecule has 1 unspecified atom stereocenters. The highest BCUT2D eigenvalue weighted by Crippen LogP contribution is 2.04. The first-order valence-corrected chi connectivity index (χ1v) is 5.70. The average molecular weight is 236 g/mol. The molecule has 1 aromatic rings. The van der Waals surface area contributed by atoms with Crippen molar-refractivity contribution in [2.75, 3.05) is 6.54 Å². The third-order valence-electron chi connectivity index (χ3n) is 2.80. The van der Waals surface area contributed by atoms with Gasteiger partial charge in [-0.15, -0.1) is 0 Å². The lowest BCUT2D eigenvalue weighted by atomic mass is 10.1. The Morgan fingerprint density at radius 2 is 2.41 bits per heavy atom. The Bertz CT molecular complexity index is 427. The predicted molar refractivity (Wildman–Crippen MR) is 61.1 cm³/mol. The lowest BCUT2D eigenvalue weighted by Crippen LogP contribution is -2.51. The third kappa shape index (κ3) is 3.13. The van der Waals surface area contributed by atoms with Crippen LogP contribution in [-0.4, -0.2) is 34.2 Å². The summed E-state index contributed by atoms with van der Waals surface area (Å²) in [6.45, 7) is 0.706. The maximum Gasteiger partial charge on any atom is 0.243 e. The summed E-state index contributed by atoms with van der Waals surface area (Å²) >= 11 is 0. The number of piperidine rings is 1. The van der Waals surface area contributed by atoms with E-state index in [1.807, 2.05) is 19.4 Å². The van der Waals surface area contributed by atoms with Crippen LogP contribution in [0, 0.1) is 0 Å².